The van der Waals surface area contributed by atoms with Crippen molar-refractivity contribution in [3.63, 3.8) is 0 Å². The lowest BCUT2D eigenvalue weighted by atomic mass is 10.1. The Morgan fingerprint density at radius 1 is 1.56 bits per heavy atom. The first-order valence-electron chi connectivity index (χ1n) is 5.41. The van der Waals surface area contributed by atoms with Gasteiger partial charge < -0.3 is 15.8 Å². The molecule has 4 nitrogen and oxygen atoms in total. The number of carbonyl (C=O) groups excluding carboxylic acids is 1. The van der Waals surface area contributed by atoms with Gasteiger partial charge in [-0.25, -0.2) is 4.39 Å². The van der Waals surface area contributed by atoms with E-state index in [2.05, 4.69) is 21.2 Å². The van der Waals surface area contributed by atoms with Gasteiger partial charge in [0.1, 0.15) is 0 Å². The second-order valence-electron chi connectivity index (χ2n) is 4.63. The minimum Gasteiger partial charge on any atom is -0.481 e. The van der Waals surface area contributed by atoms with E-state index in [0.29, 0.717) is 11.0 Å². The van der Waals surface area contributed by atoms with Crippen LogP contribution in [0.15, 0.2) is 22.7 Å². The Hall–Kier alpha value is -1.14. The molecular weight excluding hydrogens is 303 g/mol. The highest BCUT2D eigenvalue weighted by atomic mass is 79.9. The molecule has 0 bridgehead atoms. The molecule has 1 aromatic carbocycles. The quantitative estimate of drug-likeness (QED) is 0.870. The van der Waals surface area contributed by atoms with Gasteiger partial charge in [0.05, 0.1) is 0 Å². The minimum atomic E-state index is -0.517. The predicted octanol–water partition coefficient (Wildman–Crippen LogP) is 1.82. The molecule has 0 saturated carbocycles. The first-order chi connectivity index (χ1) is 8.28. The number of hydrogen-bond acceptors (Lipinski definition) is 3. The van der Waals surface area contributed by atoms with Crippen molar-refractivity contribution >= 4 is 21.8 Å². The Morgan fingerprint density at radius 3 is 2.78 bits per heavy atom. The molecule has 3 N–H and O–H groups in total. The van der Waals surface area contributed by atoms with E-state index in [0.717, 1.165) is 0 Å². The Kier molecular flexibility index (Phi) is 5.10. The molecule has 100 valence electrons. The zero-order valence-corrected chi connectivity index (χ0v) is 11.9. The molecule has 18 heavy (non-hydrogen) atoms. The highest BCUT2D eigenvalue weighted by Crippen LogP contribution is 2.21. The zero-order chi connectivity index (χ0) is 13.8. The van der Waals surface area contributed by atoms with Gasteiger partial charge in [-0.1, -0.05) is 15.9 Å². The molecule has 0 aliphatic rings. The summed E-state index contributed by atoms with van der Waals surface area (Å²) in [5.41, 5.74) is 5.22. The number of hydrogen-bond donors (Lipinski definition) is 2. The second-order valence-corrected chi connectivity index (χ2v) is 5.54. The number of amides is 1. The number of carbonyl (C=O) groups is 1. The second kappa shape index (κ2) is 6.15. The van der Waals surface area contributed by atoms with Crippen LogP contribution >= 0.6 is 15.9 Å². The maximum Gasteiger partial charge on any atom is 0.258 e. The molecular formula is C12H16BrFN2O2. The number of rotatable bonds is 5. The van der Waals surface area contributed by atoms with Gasteiger partial charge in [0.25, 0.3) is 5.91 Å². The molecule has 0 heterocycles. The van der Waals surface area contributed by atoms with Crippen LogP contribution in [0.3, 0.4) is 0 Å². The van der Waals surface area contributed by atoms with Crippen LogP contribution in [0.5, 0.6) is 5.75 Å². The lowest BCUT2D eigenvalue weighted by Gasteiger charge is -2.18. The van der Waals surface area contributed by atoms with Crippen LogP contribution in [0.25, 0.3) is 0 Å². The molecule has 0 fully saturated rings. The molecule has 0 aliphatic heterocycles. The number of halogens is 2. The third kappa shape index (κ3) is 5.46. The summed E-state index contributed by atoms with van der Waals surface area (Å²) in [7, 11) is 0. The van der Waals surface area contributed by atoms with Crippen LogP contribution in [-0.2, 0) is 4.79 Å². The zero-order valence-electron chi connectivity index (χ0n) is 10.3. The van der Waals surface area contributed by atoms with Gasteiger partial charge >= 0.3 is 0 Å². The fraction of sp³-hybridized carbons (Fsp3) is 0.417. The summed E-state index contributed by atoms with van der Waals surface area (Å²) in [6, 6.07) is 4.37. The highest BCUT2D eigenvalue weighted by molar-refractivity contribution is 9.10. The Bertz CT molecular complexity index is 433. The molecule has 0 unspecified atom stereocenters. The van der Waals surface area contributed by atoms with E-state index in [1.165, 1.54) is 12.1 Å². The van der Waals surface area contributed by atoms with Gasteiger partial charge in [0.15, 0.2) is 18.2 Å². The number of nitrogens with one attached hydrogen (secondary N) is 1. The van der Waals surface area contributed by atoms with Crippen LogP contribution < -0.4 is 15.8 Å². The van der Waals surface area contributed by atoms with Gasteiger partial charge in [0.2, 0.25) is 0 Å². The van der Waals surface area contributed by atoms with E-state index in [1.807, 2.05) is 0 Å². The molecule has 1 aromatic rings. The standard InChI is InChI=1S/C12H16BrFN2O2/c1-12(2,15)7-16-11(17)6-18-10-4-3-8(13)5-9(10)14/h3-5H,6-7,15H2,1-2H3,(H,16,17). The molecule has 6 heteroatoms. The van der Waals surface area contributed by atoms with E-state index in [4.69, 9.17) is 10.5 Å². The van der Waals surface area contributed by atoms with Gasteiger partial charge in [-0.2, -0.15) is 0 Å². The van der Waals surface area contributed by atoms with Crippen molar-refractivity contribution in [1.82, 2.24) is 5.32 Å². The van der Waals surface area contributed by atoms with Crippen LogP contribution in [0.1, 0.15) is 13.8 Å². The number of nitrogens with two attached hydrogens (primary N) is 1. The van der Waals surface area contributed by atoms with Crippen LogP contribution in [0.4, 0.5) is 4.39 Å². The van der Waals surface area contributed by atoms with Gasteiger partial charge in [-0.15, -0.1) is 0 Å². The fourth-order valence-electron chi connectivity index (χ4n) is 1.11. The van der Waals surface area contributed by atoms with Crippen LogP contribution in [0.2, 0.25) is 0 Å². The summed E-state index contributed by atoms with van der Waals surface area (Å²) in [5.74, 6) is -0.812. The Labute approximate surface area is 114 Å². The third-order valence-corrected chi connectivity index (χ3v) is 2.49. The van der Waals surface area contributed by atoms with Crippen molar-refractivity contribution in [2.24, 2.45) is 5.73 Å². The van der Waals surface area contributed by atoms with E-state index in [1.54, 1.807) is 19.9 Å². The van der Waals surface area contributed by atoms with Gasteiger partial charge in [-0.05, 0) is 32.0 Å². The molecule has 0 aromatic heterocycles. The molecule has 0 radical (unpaired) electrons. The monoisotopic (exact) mass is 318 g/mol. The maximum absolute atomic E-state index is 13.4. The minimum absolute atomic E-state index is 0.0420. The fourth-order valence-corrected chi connectivity index (χ4v) is 1.45. The topological polar surface area (TPSA) is 64.3 Å². The SMILES string of the molecule is CC(C)(N)CNC(=O)COc1ccc(Br)cc1F. The summed E-state index contributed by atoms with van der Waals surface area (Å²) >= 11 is 3.13. The van der Waals surface area contributed by atoms with E-state index in [-0.39, 0.29) is 18.3 Å². The third-order valence-electron chi connectivity index (χ3n) is 1.99. The van der Waals surface area contributed by atoms with Crippen molar-refractivity contribution in [3.8, 4) is 5.75 Å². The number of ether oxygens (including phenoxy) is 1. The maximum atomic E-state index is 13.4. The number of benzene rings is 1. The van der Waals surface area contributed by atoms with Crippen molar-refractivity contribution < 1.29 is 13.9 Å². The van der Waals surface area contributed by atoms with Gasteiger partial charge in [0, 0.05) is 16.6 Å². The largest absolute Gasteiger partial charge is 0.481 e. The molecule has 0 saturated heterocycles. The van der Waals surface area contributed by atoms with E-state index in [9.17, 15) is 9.18 Å². The molecule has 0 aliphatic carbocycles. The van der Waals surface area contributed by atoms with E-state index >= 15 is 0 Å². The van der Waals surface area contributed by atoms with Crippen molar-refractivity contribution in [2.75, 3.05) is 13.2 Å². The van der Waals surface area contributed by atoms with Crippen molar-refractivity contribution in [3.05, 3.63) is 28.5 Å². The Balaban J connectivity index is 2.43. The summed E-state index contributed by atoms with van der Waals surface area (Å²) in [6.45, 7) is 3.68. The average molecular weight is 319 g/mol. The van der Waals surface area contributed by atoms with Crippen LogP contribution in [-0.4, -0.2) is 24.6 Å². The average Bonchev–Trinajstić information content (AvgIpc) is 2.24. The van der Waals surface area contributed by atoms with Gasteiger partial charge in [-0.3, -0.25) is 4.79 Å². The summed E-state index contributed by atoms with van der Waals surface area (Å²) in [6.07, 6.45) is 0. The first kappa shape index (κ1) is 14.9. The molecule has 1 rings (SSSR count). The highest BCUT2D eigenvalue weighted by Gasteiger charge is 2.13. The summed E-state index contributed by atoms with van der Waals surface area (Å²) in [4.78, 5) is 11.4. The summed E-state index contributed by atoms with van der Waals surface area (Å²) in [5, 5.41) is 2.60. The van der Waals surface area contributed by atoms with E-state index < -0.39 is 11.4 Å². The van der Waals surface area contributed by atoms with Crippen molar-refractivity contribution in [2.45, 2.75) is 19.4 Å². The normalized spacial score (nSPS) is 11.2. The molecule has 0 atom stereocenters. The lowest BCUT2D eigenvalue weighted by Crippen LogP contribution is -2.46. The first-order valence-corrected chi connectivity index (χ1v) is 6.21. The lowest BCUT2D eigenvalue weighted by molar-refractivity contribution is -0.123. The predicted molar refractivity (Wildman–Crippen MR) is 70.9 cm³/mol. The molecule has 0 spiro atoms. The van der Waals surface area contributed by atoms with Crippen molar-refractivity contribution in [1.29, 1.82) is 0 Å². The molecule has 1 amide bonds. The summed E-state index contributed by atoms with van der Waals surface area (Å²) < 4.78 is 19.1. The Morgan fingerprint density at radius 2 is 2.22 bits per heavy atom. The smallest absolute Gasteiger partial charge is 0.258 e. The van der Waals surface area contributed by atoms with Crippen LogP contribution in [0, 0.1) is 5.82 Å².